The molecule has 1 saturated heterocycles. The fourth-order valence-electron chi connectivity index (χ4n) is 3.50. The predicted octanol–water partition coefficient (Wildman–Crippen LogP) is 2.39. The molecule has 2 aromatic carbocycles. The van der Waals surface area contributed by atoms with Crippen LogP contribution in [-0.2, 0) is 21.1 Å². The first kappa shape index (κ1) is 21.3. The van der Waals surface area contributed by atoms with Crippen LogP contribution in [0.25, 0.3) is 0 Å². The second-order valence-corrected chi connectivity index (χ2v) is 9.28. The fourth-order valence-corrected chi connectivity index (χ4v) is 4.13. The van der Waals surface area contributed by atoms with Crippen LogP contribution in [0.2, 0.25) is 0 Å². The van der Waals surface area contributed by atoms with Crippen LogP contribution in [0.4, 0.5) is 13.2 Å². The third-order valence-electron chi connectivity index (χ3n) is 5.16. The lowest BCUT2D eigenvalue weighted by Gasteiger charge is -2.36. The number of carbonyl (C=O) groups is 1. The van der Waals surface area contributed by atoms with Gasteiger partial charge in [-0.2, -0.15) is 0 Å². The Bertz CT molecular complexity index is 1030. The van der Waals surface area contributed by atoms with Crippen molar-refractivity contribution >= 4 is 15.7 Å². The Labute approximate surface area is 167 Å². The van der Waals surface area contributed by atoms with Crippen LogP contribution in [0.3, 0.4) is 0 Å². The average Bonchev–Trinajstić information content (AvgIpc) is 2.65. The SMILES string of the molecule is CS(=O)(=O)c1ccc(CCN2C[C@H](N)[C@@H](c3cc(F)c(F)cc3F)CC2=O)cc1. The number of likely N-dealkylation sites (tertiary alicyclic amines) is 1. The van der Waals surface area contributed by atoms with E-state index in [0.29, 0.717) is 19.0 Å². The number of rotatable bonds is 5. The van der Waals surface area contributed by atoms with Crippen molar-refractivity contribution in [2.45, 2.75) is 29.7 Å². The molecule has 0 spiro atoms. The molecule has 0 bridgehead atoms. The molecule has 29 heavy (non-hydrogen) atoms. The monoisotopic (exact) mass is 426 g/mol. The molecule has 3 rings (SSSR count). The number of amides is 1. The normalized spacial score (nSPS) is 20.2. The molecular formula is C20H21F3N2O3S. The molecule has 156 valence electrons. The third-order valence-corrected chi connectivity index (χ3v) is 6.28. The molecule has 1 heterocycles. The summed E-state index contributed by atoms with van der Waals surface area (Å²) >= 11 is 0. The Kier molecular flexibility index (Phi) is 6.00. The number of hydrogen-bond donors (Lipinski definition) is 1. The first-order valence-corrected chi connectivity index (χ1v) is 10.9. The molecule has 1 aliphatic rings. The largest absolute Gasteiger partial charge is 0.341 e. The highest BCUT2D eigenvalue weighted by atomic mass is 32.2. The molecule has 9 heteroatoms. The van der Waals surface area contributed by atoms with Gasteiger partial charge >= 0.3 is 0 Å². The van der Waals surface area contributed by atoms with Crippen molar-refractivity contribution in [2.24, 2.45) is 5.73 Å². The molecule has 1 fully saturated rings. The first-order valence-electron chi connectivity index (χ1n) is 9.03. The van der Waals surface area contributed by atoms with Crippen molar-refractivity contribution in [3.63, 3.8) is 0 Å². The molecule has 2 N–H and O–H groups in total. The lowest BCUT2D eigenvalue weighted by molar-refractivity contribution is -0.134. The van der Waals surface area contributed by atoms with E-state index in [9.17, 15) is 26.4 Å². The maximum absolute atomic E-state index is 14.1. The number of nitrogens with zero attached hydrogens (tertiary/aromatic N) is 1. The smallest absolute Gasteiger partial charge is 0.223 e. The van der Waals surface area contributed by atoms with Gasteiger partial charge in [-0.25, -0.2) is 21.6 Å². The lowest BCUT2D eigenvalue weighted by atomic mass is 9.85. The number of nitrogens with two attached hydrogens (primary N) is 1. The summed E-state index contributed by atoms with van der Waals surface area (Å²) in [6, 6.07) is 7.00. The quantitative estimate of drug-likeness (QED) is 0.745. The predicted molar refractivity (Wildman–Crippen MR) is 101 cm³/mol. The summed E-state index contributed by atoms with van der Waals surface area (Å²) in [6.07, 6.45) is 1.52. The Morgan fingerprint density at radius 3 is 2.31 bits per heavy atom. The Morgan fingerprint density at radius 1 is 1.07 bits per heavy atom. The number of piperidine rings is 1. The average molecular weight is 426 g/mol. The summed E-state index contributed by atoms with van der Waals surface area (Å²) in [5.74, 6) is -4.38. The molecule has 0 unspecified atom stereocenters. The van der Waals surface area contributed by atoms with Crippen LogP contribution in [0.15, 0.2) is 41.3 Å². The maximum atomic E-state index is 14.1. The fraction of sp³-hybridized carbons (Fsp3) is 0.350. The van der Waals surface area contributed by atoms with E-state index in [1.165, 1.54) is 12.1 Å². The molecule has 0 aliphatic carbocycles. The molecule has 5 nitrogen and oxygen atoms in total. The van der Waals surface area contributed by atoms with Gasteiger partial charge in [0.2, 0.25) is 5.91 Å². The minimum atomic E-state index is -3.27. The van der Waals surface area contributed by atoms with Gasteiger partial charge in [-0.3, -0.25) is 4.79 Å². The summed E-state index contributed by atoms with van der Waals surface area (Å²) in [5.41, 5.74) is 6.87. The van der Waals surface area contributed by atoms with Crippen molar-refractivity contribution in [1.29, 1.82) is 0 Å². The van der Waals surface area contributed by atoms with Gasteiger partial charge < -0.3 is 10.6 Å². The molecule has 2 aromatic rings. The van der Waals surface area contributed by atoms with Crippen LogP contribution in [-0.4, -0.2) is 44.6 Å². The molecule has 2 atom stereocenters. The van der Waals surface area contributed by atoms with E-state index in [1.54, 1.807) is 17.0 Å². The van der Waals surface area contributed by atoms with Crippen molar-refractivity contribution in [3.05, 3.63) is 65.0 Å². The first-order chi connectivity index (χ1) is 13.6. The zero-order valence-electron chi connectivity index (χ0n) is 15.7. The second-order valence-electron chi connectivity index (χ2n) is 7.27. The molecule has 0 saturated carbocycles. The summed E-state index contributed by atoms with van der Waals surface area (Å²) in [5, 5.41) is 0. The molecule has 1 aliphatic heterocycles. The van der Waals surface area contributed by atoms with Gasteiger partial charge in [-0.1, -0.05) is 12.1 Å². The van der Waals surface area contributed by atoms with Crippen molar-refractivity contribution in [3.8, 4) is 0 Å². The zero-order valence-corrected chi connectivity index (χ0v) is 16.6. The van der Waals surface area contributed by atoms with E-state index >= 15 is 0 Å². The van der Waals surface area contributed by atoms with Crippen LogP contribution in [0.5, 0.6) is 0 Å². The highest BCUT2D eigenvalue weighted by Gasteiger charge is 2.34. The van der Waals surface area contributed by atoms with Crippen LogP contribution >= 0.6 is 0 Å². The number of sulfone groups is 1. The Balaban J connectivity index is 1.66. The molecule has 0 radical (unpaired) electrons. The van der Waals surface area contributed by atoms with Gasteiger partial charge in [0.1, 0.15) is 5.82 Å². The van der Waals surface area contributed by atoms with E-state index in [0.717, 1.165) is 17.9 Å². The topological polar surface area (TPSA) is 80.5 Å². The summed E-state index contributed by atoms with van der Waals surface area (Å²) < 4.78 is 63.7. The number of carbonyl (C=O) groups excluding carboxylic acids is 1. The van der Waals surface area contributed by atoms with E-state index in [-0.39, 0.29) is 29.3 Å². The lowest BCUT2D eigenvalue weighted by Crippen LogP contribution is -2.51. The van der Waals surface area contributed by atoms with E-state index < -0.39 is 39.2 Å². The number of hydrogen-bond acceptors (Lipinski definition) is 4. The van der Waals surface area contributed by atoms with Crippen molar-refractivity contribution in [2.75, 3.05) is 19.3 Å². The molecular weight excluding hydrogens is 405 g/mol. The van der Waals surface area contributed by atoms with Crippen LogP contribution in [0.1, 0.15) is 23.5 Å². The van der Waals surface area contributed by atoms with Crippen LogP contribution < -0.4 is 5.73 Å². The Hall–Kier alpha value is -2.39. The number of halogens is 3. The zero-order chi connectivity index (χ0) is 21.3. The van der Waals surface area contributed by atoms with E-state index in [2.05, 4.69) is 0 Å². The summed E-state index contributed by atoms with van der Waals surface area (Å²) in [6.45, 7) is 0.515. The maximum Gasteiger partial charge on any atom is 0.223 e. The van der Waals surface area contributed by atoms with E-state index in [1.807, 2.05) is 0 Å². The standard InChI is InChI=1S/C20H21F3N2O3S/c1-29(27,28)13-4-2-12(3-5-13)6-7-25-11-19(24)15(9-20(25)26)14-8-17(22)18(23)10-16(14)21/h2-5,8,10,15,19H,6-7,9,11,24H2,1H3/t15-,19+/m1/s1. The van der Waals surface area contributed by atoms with Gasteiger partial charge in [0.15, 0.2) is 21.5 Å². The minimum absolute atomic E-state index is 0.0965. The van der Waals surface area contributed by atoms with Gasteiger partial charge in [0.05, 0.1) is 4.90 Å². The minimum Gasteiger partial charge on any atom is -0.341 e. The highest BCUT2D eigenvalue weighted by Crippen LogP contribution is 2.31. The van der Waals surface area contributed by atoms with Gasteiger partial charge in [0.25, 0.3) is 0 Å². The van der Waals surface area contributed by atoms with Gasteiger partial charge in [-0.05, 0) is 35.7 Å². The molecule has 1 amide bonds. The van der Waals surface area contributed by atoms with Crippen molar-refractivity contribution < 1.29 is 26.4 Å². The summed E-state index contributed by atoms with van der Waals surface area (Å²) in [7, 11) is -3.27. The van der Waals surface area contributed by atoms with Crippen LogP contribution in [0, 0.1) is 17.5 Å². The molecule has 0 aromatic heterocycles. The highest BCUT2D eigenvalue weighted by molar-refractivity contribution is 7.90. The van der Waals surface area contributed by atoms with Gasteiger partial charge in [0, 0.05) is 43.8 Å². The van der Waals surface area contributed by atoms with E-state index in [4.69, 9.17) is 5.73 Å². The third kappa shape index (κ3) is 4.79. The van der Waals surface area contributed by atoms with Gasteiger partial charge in [-0.15, -0.1) is 0 Å². The number of benzene rings is 2. The van der Waals surface area contributed by atoms with Crippen molar-refractivity contribution in [1.82, 2.24) is 4.90 Å². The summed E-state index contributed by atoms with van der Waals surface area (Å²) in [4.78, 5) is 14.3. The Morgan fingerprint density at radius 2 is 1.69 bits per heavy atom. The second kappa shape index (κ2) is 8.16.